The van der Waals surface area contributed by atoms with E-state index >= 15 is 0 Å². The molecule has 5 rings (SSSR count). The van der Waals surface area contributed by atoms with Crippen LogP contribution in [-0.4, -0.2) is 95.1 Å². The number of carbonyl (C=O) groups is 1. The predicted molar refractivity (Wildman–Crippen MR) is 109 cm³/mol. The van der Waals surface area contributed by atoms with Gasteiger partial charge in [-0.1, -0.05) is 0 Å². The Morgan fingerprint density at radius 3 is 2.34 bits per heavy atom. The van der Waals surface area contributed by atoms with E-state index in [2.05, 4.69) is 20.1 Å². The molecule has 2 aromatic heterocycles. The second-order valence-electron chi connectivity index (χ2n) is 7.60. The largest absolute Gasteiger partial charge is 0.378 e. The van der Waals surface area contributed by atoms with Crippen LogP contribution < -0.4 is 9.80 Å². The predicted octanol–water partition coefficient (Wildman–Crippen LogP) is 0.641. The molecule has 2 aromatic rings. The molecule has 3 aliphatic heterocycles. The van der Waals surface area contributed by atoms with Crippen LogP contribution in [0.3, 0.4) is 0 Å². The van der Waals surface area contributed by atoms with Crippen LogP contribution in [0, 0.1) is 5.92 Å². The van der Waals surface area contributed by atoms with Crippen molar-refractivity contribution in [3.05, 3.63) is 0 Å². The number of nitrogens with zero attached hydrogens (tertiary/aromatic N) is 7. The highest BCUT2D eigenvalue weighted by Gasteiger charge is 2.33. The summed E-state index contributed by atoms with van der Waals surface area (Å²) in [5.41, 5.74) is 0.844. The first kappa shape index (κ1) is 18.9. The van der Waals surface area contributed by atoms with Crippen LogP contribution in [0.15, 0.2) is 4.63 Å². The lowest BCUT2D eigenvalue weighted by molar-refractivity contribution is -0.139. The number of morpholine rings is 1. The number of piperidine rings is 1. The maximum absolute atomic E-state index is 13.0. The molecule has 0 aromatic carbocycles. The van der Waals surface area contributed by atoms with Crippen molar-refractivity contribution < 1.29 is 14.2 Å². The van der Waals surface area contributed by atoms with E-state index in [1.54, 1.807) is 0 Å². The molecule has 1 amide bonds. The molecular formula is C18H25N7O3S. The van der Waals surface area contributed by atoms with Crippen LogP contribution in [0.1, 0.15) is 12.8 Å². The van der Waals surface area contributed by atoms with Gasteiger partial charge in [-0.25, -0.2) is 14.6 Å². The maximum atomic E-state index is 13.0. The Morgan fingerprint density at radius 1 is 0.931 bits per heavy atom. The fourth-order valence-corrected chi connectivity index (χ4v) is 5.14. The van der Waals surface area contributed by atoms with Crippen LogP contribution in [0.25, 0.3) is 11.3 Å². The number of amides is 1. The molecule has 156 valence electrons. The fraction of sp³-hybridized carbons (Fsp3) is 0.722. The SMILES string of the molecule is O=C(C1CCCN(c2nc3nonc3nc2N2CCSCC2)C1)N1CCOCC1. The number of aromatic nitrogens is 4. The first-order chi connectivity index (χ1) is 14.3. The van der Waals surface area contributed by atoms with E-state index in [1.807, 2.05) is 16.7 Å². The summed E-state index contributed by atoms with van der Waals surface area (Å²) in [6, 6.07) is 0. The van der Waals surface area contributed by atoms with Crippen molar-refractivity contribution in [3.8, 4) is 0 Å². The van der Waals surface area contributed by atoms with Gasteiger partial charge in [0.05, 0.1) is 19.1 Å². The third-order valence-corrected chi connectivity index (χ3v) is 6.72. The van der Waals surface area contributed by atoms with E-state index in [4.69, 9.17) is 19.3 Å². The maximum Gasteiger partial charge on any atom is 0.245 e. The number of fused-ring (bicyclic) bond motifs is 1. The zero-order chi connectivity index (χ0) is 19.6. The number of rotatable bonds is 3. The number of carbonyl (C=O) groups excluding carboxylic acids is 1. The normalized spacial score (nSPS) is 23.6. The van der Waals surface area contributed by atoms with Crippen LogP contribution >= 0.6 is 11.8 Å². The van der Waals surface area contributed by atoms with Crippen molar-refractivity contribution >= 4 is 40.6 Å². The first-order valence-electron chi connectivity index (χ1n) is 10.2. The van der Waals surface area contributed by atoms with Gasteiger partial charge >= 0.3 is 0 Å². The zero-order valence-electron chi connectivity index (χ0n) is 16.3. The van der Waals surface area contributed by atoms with Gasteiger partial charge in [-0.3, -0.25) is 4.79 Å². The molecular weight excluding hydrogens is 394 g/mol. The van der Waals surface area contributed by atoms with Crippen molar-refractivity contribution in [3.63, 3.8) is 0 Å². The fourth-order valence-electron chi connectivity index (χ4n) is 4.23. The topological polar surface area (TPSA) is 101 Å². The molecule has 1 atom stereocenters. The van der Waals surface area contributed by atoms with Crippen LogP contribution in [0.4, 0.5) is 11.6 Å². The van der Waals surface area contributed by atoms with Crippen LogP contribution in [-0.2, 0) is 9.53 Å². The van der Waals surface area contributed by atoms with Gasteiger partial charge in [0.1, 0.15) is 0 Å². The van der Waals surface area contributed by atoms with Crippen LogP contribution in [0.2, 0.25) is 0 Å². The minimum atomic E-state index is -0.0282. The van der Waals surface area contributed by atoms with Gasteiger partial charge in [0.2, 0.25) is 17.2 Å². The van der Waals surface area contributed by atoms with Crippen molar-refractivity contribution in [2.24, 2.45) is 5.92 Å². The second kappa shape index (κ2) is 8.31. The molecule has 10 nitrogen and oxygen atoms in total. The summed E-state index contributed by atoms with van der Waals surface area (Å²) in [4.78, 5) is 28.9. The number of anilines is 2. The van der Waals surface area contributed by atoms with Gasteiger partial charge in [-0.05, 0) is 23.2 Å². The lowest BCUT2D eigenvalue weighted by Gasteiger charge is -2.38. The van der Waals surface area contributed by atoms with Crippen molar-refractivity contribution in [1.29, 1.82) is 0 Å². The average molecular weight is 420 g/mol. The molecule has 0 radical (unpaired) electrons. The third-order valence-electron chi connectivity index (χ3n) is 5.78. The minimum absolute atomic E-state index is 0.0282. The minimum Gasteiger partial charge on any atom is -0.378 e. The molecule has 0 aliphatic carbocycles. The van der Waals surface area contributed by atoms with E-state index in [0.717, 1.165) is 55.6 Å². The monoisotopic (exact) mass is 419 g/mol. The Bertz CT molecular complexity index is 866. The van der Waals surface area contributed by atoms with Gasteiger partial charge in [0, 0.05) is 50.8 Å². The molecule has 3 saturated heterocycles. The van der Waals surface area contributed by atoms with Gasteiger partial charge in [-0.15, -0.1) is 0 Å². The van der Waals surface area contributed by atoms with Gasteiger partial charge in [0.15, 0.2) is 11.6 Å². The summed E-state index contributed by atoms with van der Waals surface area (Å²) >= 11 is 1.95. The summed E-state index contributed by atoms with van der Waals surface area (Å²) in [5, 5.41) is 7.77. The van der Waals surface area contributed by atoms with Gasteiger partial charge < -0.3 is 19.4 Å². The molecule has 0 saturated carbocycles. The number of thioether (sulfide) groups is 1. The molecule has 1 unspecified atom stereocenters. The van der Waals surface area contributed by atoms with Crippen molar-refractivity contribution in [2.45, 2.75) is 12.8 Å². The second-order valence-corrected chi connectivity index (χ2v) is 8.83. The number of hydrogen-bond acceptors (Lipinski definition) is 10. The van der Waals surface area contributed by atoms with E-state index in [9.17, 15) is 4.79 Å². The standard InChI is InChI=1S/C18H25N7O3S/c26-18(24-4-8-27-9-5-24)13-2-1-3-25(12-13)17-16(23-6-10-29-11-7-23)19-14-15(20-17)22-28-21-14/h13H,1-12H2. The van der Waals surface area contributed by atoms with Crippen molar-refractivity contribution in [1.82, 2.24) is 25.2 Å². The summed E-state index contributed by atoms with van der Waals surface area (Å²) in [6.45, 7) is 5.97. The quantitative estimate of drug-likeness (QED) is 0.704. The van der Waals surface area contributed by atoms with E-state index in [1.165, 1.54) is 0 Å². The van der Waals surface area contributed by atoms with E-state index in [-0.39, 0.29) is 11.8 Å². The van der Waals surface area contributed by atoms with Gasteiger partial charge in [-0.2, -0.15) is 11.8 Å². The van der Waals surface area contributed by atoms with Crippen LogP contribution in [0.5, 0.6) is 0 Å². The lowest BCUT2D eigenvalue weighted by atomic mass is 9.96. The number of ether oxygens (including phenoxy) is 1. The van der Waals surface area contributed by atoms with Crippen molar-refractivity contribution in [2.75, 3.05) is 73.8 Å². The molecule has 0 N–H and O–H groups in total. The summed E-state index contributed by atoms with van der Waals surface area (Å²) in [7, 11) is 0. The smallest absolute Gasteiger partial charge is 0.245 e. The molecule has 3 aliphatic rings. The molecule has 0 bridgehead atoms. The molecule has 3 fully saturated rings. The Balaban J connectivity index is 1.42. The lowest BCUT2D eigenvalue weighted by Crippen LogP contribution is -2.49. The molecule has 5 heterocycles. The van der Waals surface area contributed by atoms with E-state index < -0.39 is 0 Å². The highest BCUT2D eigenvalue weighted by molar-refractivity contribution is 7.99. The molecule has 0 spiro atoms. The highest BCUT2D eigenvalue weighted by Crippen LogP contribution is 2.32. The summed E-state index contributed by atoms with van der Waals surface area (Å²) in [5.74, 6) is 3.95. The Kier molecular flexibility index (Phi) is 5.40. The summed E-state index contributed by atoms with van der Waals surface area (Å²) in [6.07, 6.45) is 1.86. The average Bonchev–Trinajstić information content (AvgIpc) is 3.27. The van der Waals surface area contributed by atoms with E-state index in [0.29, 0.717) is 44.1 Å². The zero-order valence-corrected chi connectivity index (χ0v) is 17.1. The first-order valence-corrected chi connectivity index (χ1v) is 11.4. The Labute approximate surface area is 172 Å². The Hall–Kier alpha value is -2.14. The summed E-state index contributed by atoms with van der Waals surface area (Å²) < 4.78 is 10.2. The number of hydrogen-bond donors (Lipinski definition) is 0. The van der Waals surface area contributed by atoms with Gasteiger partial charge in [0.25, 0.3) is 0 Å². The molecule has 11 heteroatoms. The third kappa shape index (κ3) is 3.85. The Morgan fingerprint density at radius 2 is 1.62 bits per heavy atom. The molecule has 29 heavy (non-hydrogen) atoms. The highest BCUT2D eigenvalue weighted by atomic mass is 32.2.